The fraction of sp³-hybridized carbons (Fsp3) is 0.211. The Bertz CT molecular complexity index is 965. The predicted molar refractivity (Wildman–Crippen MR) is 112 cm³/mol. The van der Waals surface area contributed by atoms with Crippen molar-refractivity contribution in [3.05, 3.63) is 64.4 Å². The standard InChI is InChI=1S/C19H18Cl2N4O2S/c1-2-25-17(11-27-16-10-6-4-8-14(16)21)23-24-19(25)28-12-18(26)22-15-9-5-3-7-13(15)20/h3-10H,2,11-12H2,1H3,(H,22,26). The van der Waals surface area contributed by atoms with E-state index in [4.69, 9.17) is 27.9 Å². The topological polar surface area (TPSA) is 69.0 Å². The molecule has 2 aromatic carbocycles. The minimum Gasteiger partial charge on any atom is -0.484 e. The Morgan fingerprint density at radius 1 is 1.11 bits per heavy atom. The van der Waals surface area contributed by atoms with Gasteiger partial charge in [0.15, 0.2) is 11.0 Å². The van der Waals surface area contributed by atoms with E-state index in [2.05, 4.69) is 15.5 Å². The fourth-order valence-corrected chi connectivity index (χ4v) is 3.63. The van der Waals surface area contributed by atoms with Gasteiger partial charge in [-0.2, -0.15) is 0 Å². The van der Waals surface area contributed by atoms with E-state index in [-0.39, 0.29) is 18.3 Å². The third-order valence-corrected chi connectivity index (χ3v) is 5.39. The van der Waals surface area contributed by atoms with Crippen LogP contribution >= 0.6 is 35.0 Å². The zero-order chi connectivity index (χ0) is 19.9. The second kappa shape index (κ2) is 9.82. The number of nitrogens with zero attached hydrogens (tertiary/aromatic N) is 3. The Morgan fingerprint density at radius 3 is 2.54 bits per heavy atom. The van der Waals surface area contributed by atoms with Gasteiger partial charge < -0.3 is 14.6 Å². The molecule has 0 aliphatic heterocycles. The van der Waals surface area contributed by atoms with E-state index in [1.54, 1.807) is 24.3 Å². The van der Waals surface area contributed by atoms with Crippen LogP contribution in [0.5, 0.6) is 5.75 Å². The molecular weight excluding hydrogens is 419 g/mol. The first kappa shape index (κ1) is 20.5. The lowest BCUT2D eigenvalue weighted by Crippen LogP contribution is -2.15. The van der Waals surface area contributed by atoms with Gasteiger partial charge in [0.2, 0.25) is 5.91 Å². The van der Waals surface area contributed by atoms with E-state index in [0.717, 1.165) is 0 Å². The highest BCUT2D eigenvalue weighted by molar-refractivity contribution is 7.99. The molecule has 1 N–H and O–H groups in total. The number of ether oxygens (including phenoxy) is 1. The fourth-order valence-electron chi connectivity index (χ4n) is 2.43. The molecular formula is C19H18Cl2N4O2S. The van der Waals surface area contributed by atoms with Crippen molar-refractivity contribution in [3.8, 4) is 5.75 Å². The second-order valence-electron chi connectivity index (χ2n) is 5.68. The maximum absolute atomic E-state index is 12.2. The number of benzene rings is 2. The van der Waals surface area contributed by atoms with Crippen LogP contribution in [-0.4, -0.2) is 26.4 Å². The first-order valence-corrected chi connectivity index (χ1v) is 10.3. The van der Waals surface area contributed by atoms with E-state index < -0.39 is 0 Å². The van der Waals surface area contributed by atoms with Crippen molar-refractivity contribution in [1.29, 1.82) is 0 Å². The number of carbonyl (C=O) groups is 1. The van der Waals surface area contributed by atoms with Crippen LogP contribution in [0.15, 0.2) is 53.7 Å². The largest absolute Gasteiger partial charge is 0.484 e. The van der Waals surface area contributed by atoms with Crippen LogP contribution in [0.4, 0.5) is 5.69 Å². The van der Waals surface area contributed by atoms with E-state index in [1.165, 1.54) is 11.8 Å². The van der Waals surface area contributed by atoms with Gasteiger partial charge in [0.1, 0.15) is 12.4 Å². The molecule has 3 rings (SSSR count). The predicted octanol–water partition coefficient (Wildman–Crippen LogP) is 4.91. The summed E-state index contributed by atoms with van der Waals surface area (Å²) in [6, 6.07) is 14.4. The molecule has 0 aliphatic rings. The summed E-state index contributed by atoms with van der Waals surface area (Å²) >= 11 is 13.5. The Balaban J connectivity index is 1.59. The van der Waals surface area contributed by atoms with E-state index in [1.807, 2.05) is 35.8 Å². The number of amides is 1. The van der Waals surface area contributed by atoms with Crippen molar-refractivity contribution in [1.82, 2.24) is 14.8 Å². The lowest BCUT2D eigenvalue weighted by atomic mass is 10.3. The van der Waals surface area contributed by atoms with Crippen LogP contribution in [-0.2, 0) is 17.9 Å². The van der Waals surface area contributed by atoms with Crippen molar-refractivity contribution in [2.24, 2.45) is 0 Å². The molecule has 1 heterocycles. The smallest absolute Gasteiger partial charge is 0.234 e. The number of halogens is 2. The zero-order valence-corrected chi connectivity index (χ0v) is 17.4. The number of hydrogen-bond donors (Lipinski definition) is 1. The van der Waals surface area contributed by atoms with Crippen molar-refractivity contribution in [2.75, 3.05) is 11.1 Å². The van der Waals surface area contributed by atoms with Crippen molar-refractivity contribution in [2.45, 2.75) is 25.2 Å². The van der Waals surface area contributed by atoms with Gasteiger partial charge in [-0.15, -0.1) is 10.2 Å². The normalized spacial score (nSPS) is 10.7. The van der Waals surface area contributed by atoms with Gasteiger partial charge in [-0.25, -0.2) is 0 Å². The van der Waals surface area contributed by atoms with Crippen LogP contribution in [0.1, 0.15) is 12.7 Å². The number of rotatable bonds is 8. The van der Waals surface area contributed by atoms with E-state index in [9.17, 15) is 4.79 Å². The number of nitrogens with one attached hydrogen (secondary N) is 1. The maximum Gasteiger partial charge on any atom is 0.234 e. The van der Waals surface area contributed by atoms with Crippen molar-refractivity contribution < 1.29 is 9.53 Å². The lowest BCUT2D eigenvalue weighted by Gasteiger charge is -2.10. The number of carbonyl (C=O) groups excluding carboxylic acids is 1. The number of hydrogen-bond acceptors (Lipinski definition) is 5. The van der Waals surface area contributed by atoms with E-state index in [0.29, 0.717) is 39.0 Å². The first-order valence-electron chi connectivity index (χ1n) is 8.55. The Labute approximate surface area is 177 Å². The Kier molecular flexibility index (Phi) is 7.19. The molecule has 0 bridgehead atoms. The molecule has 0 spiro atoms. The molecule has 3 aromatic rings. The number of aromatic nitrogens is 3. The molecule has 0 radical (unpaired) electrons. The third kappa shape index (κ3) is 5.19. The summed E-state index contributed by atoms with van der Waals surface area (Å²) in [6.45, 7) is 2.87. The molecule has 0 aliphatic carbocycles. The maximum atomic E-state index is 12.2. The summed E-state index contributed by atoms with van der Waals surface area (Å²) in [5, 5.41) is 12.8. The number of thioether (sulfide) groups is 1. The van der Waals surface area contributed by atoms with Crippen LogP contribution in [0.2, 0.25) is 10.0 Å². The minimum atomic E-state index is -0.169. The molecule has 0 unspecified atom stereocenters. The van der Waals surface area contributed by atoms with Crippen LogP contribution in [0.3, 0.4) is 0 Å². The highest BCUT2D eigenvalue weighted by atomic mass is 35.5. The molecule has 0 fully saturated rings. The number of para-hydroxylation sites is 2. The minimum absolute atomic E-state index is 0.169. The average Bonchev–Trinajstić information content (AvgIpc) is 3.09. The molecule has 1 aromatic heterocycles. The van der Waals surface area contributed by atoms with Gasteiger partial charge in [-0.3, -0.25) is 4.79 Å². The molecule has 6 nitrogen and oxygen atoms in total. The summed E-state index contributed by atoms with van der Waals surface area (Å²) in [6.07, 6.45) is 0. The summed E-state index contributed by atoms with van der Waals surface area (Å²) < 4.78 is 7.64. The summed E-state index contributed by atoms with van der Waals surface area (Å²) in [4.78, 5) is 12.2. The SMILES string of the molecule is CCn1c(COc2ccccc2Cl)nnc1SCC(=O)Nc1ccccc1Cl. The molecule has 1 amide bonds. The first-order chi connectivity index (χ1) is 13.6. The second-order valence-corrected chi connectivity index (χ2v) is 7.44. The Hall–Kier alpha value is -2.22. The van der Waals surface area contributed by atoms with Gasteiger partial charge >= 0.3 is 0 Å². The summed E-state index contributed by atoms with van der Waals surface area (Å²) in [5.74, 6) is 1.27. The highest BCUT2D eigenvalue weighted by Crippen LogP contribution is 2.25. The van der Waals surface area contributed by atoms with Gasteiger partial charge in [0.25, 0.3) is 0 Å². The van der Waals surface area contributed by atoms with Crippen molar-refractivity contribution in [3.63, 3.8) is 0 Å². The van der Waals surface area contributed by atoms with Crippen LogP contribution < -0.4 is 10.1 Å². The monoisotopic (exact) mass is 436 g/mol. The molecule has 9 heteroatoms. The molecule has 0 saturated carbocycles. The summed E-state index contributed by atoms with van der Waals surface area (Å²) in [5.41, 5.74) is 0.584. The summed E-state index contributed by atoms with van der Waals surface area (Å²) in [7, 11) is 0. The van der Waals surface area contributed by atoms with Crippen molar-refractivity contribution >= 4 is 46.6 Å². The van der Waals surface area contributed by atoms with E-state index >= 15 is 0 Å². The Morgan fingerprint density at radius 2 is 1.82 bits per heavy atom. The molecule has 28 heavy (non-hydrogen) atoms. The van der Waals surface area contributed by atoms with Gasteiger partial charge in [0, 0.05) is 6.54 Å². The average molecular weight is 437 g/mol. The quantitative estimate of drug-likeness (QED) is 0.507. The molecule has 0 saturated heterocycles. The number of anilines is 1. The molecule has 0 atom stereocenters. The van der Waals surface area contributed by atoms with Gasteiger partial charge in [-0.05, 0) is 31.2 Å². The highest BCUT2D eigenvalue weighted by Gasteiger charge is 2.14. The molecule has 146 valence electrons. The van der Waals surface area contributed by atoms with Crippen LogP contribution in [0.25, 0.3) is 0 Å². The van der Waals surface area contributed by atoms with Gasteiger partial charge in [-0.1, -0.05) is 59.2 Å². The lowest BCUT2D eigenvalue weighted by molar-refractivity contribution is -0.113. The van der Waals surface area contributed by atoms with Crippen LogP contribution in [0, 0.1) is 0 Å². The van der Waals surface area contributed by atoms with Gasteiger partial charge in [0.05, 0.1) is 21.5 Å². The zero-order valence-electron chi connectivity index (χ0n) is 15.1. The third-order valence-electron chi connectivity index (χ3n) is 3.78.